The van der Waals surface area contributed by atoms with Gasteiger partial charge in [-0.2, -0.15) is 5.10 Å². The number of phenolic OH excluding ortho intramolecular Hbond substituents is 1. The first-order valence-electron chi connectivity index (χ1n) is 5.79. The molecular formula is C13H17N3O. The molecule has 0 amide bonds. The zero-order valence-electron chi connectivity index (χ0n) is 9.93. The molecule has 0 aliphatic rings. The summed E-state index contributed by atoms with van der Waals surface area (Å²) in [4.78, 5) is 0. The Balaban J connectivity index is 1.90. The van der Waals surface area contributed by atoms with Gasteiger partial charge in [-0.25, -0.2) is 0 Å². The molecule has 1 aromatic heterocycles. The maximum absolute atomic E-state index is 9.61. The molecule has 17 heavy (non-hydrogen) atoms. The lowest BCUT2D eigenvalue weighted by Crippen LogP contribution is -2.16. The van der Waals surface area contributed by atoms with Crippen molar-refractivity contribution in [2.45, 2.75) is 26.6 Å². The van der Waals surface area contributed by atoms with Crippen LogP contribution in [-0.4, -0.2) is 14.9 Å². The predicted molar refractivity (Wildman–Crippen MR) is 66.6 cm³/mol. The number of aromatic hydroxyl groups is 1. The minimum absolute atomic E-state index is 0.337. The van der Waals surface area contributed by atoms with Gasteiger partial charge in [0.25, 0.3) is 0 Å². The van der Waals surface area contributed by atoms with Gasteiger partial charge in [0.2, 0.25) is 0 Å². The molecular weight excluding hydrogens is 214 g/mol. The van der Waals surface area contributed by atoms with E-state index >= 15 is 0 Å². The summed E-state index contributed by atoms with van der Waals surface area (Å²) in [5.74, 6) is 0.337. The standard InChI is InChI=1S/C13H17N3O/c1-2-16-12(7-8-15-16)10-14-9-11-5-3-4-6-13(11)17/h3-8,14,17H,2,9-10H2,1H3. The third kappa shape index (κ3) is 2.85. The van der Waals surface area contributed by atoms with Crippen molar-refractivity contribution >= 4 is 0 Å². The zero-order chi connectivity index (χ0) is 12.1. The van der Waals surface area contributed by atoms with E-state index < -0.39 is 0 Å². The summed E-state index contributed by atoms with van der Waals surface area (Å²) >= 11 is 0. The third-order valence-corrected chi connectivity index (χ3v) is 2.72. The van der Waals surface area contributed by atoms with Crippen molar-refractivity contribution in [1.29, 1.82) is 0 Å². The Hall–Kier alpha value is -1.81. The van der Waals surface area contributed by atoms with Gasteiger partial charge < -0.3 is 10.4 Å². The van der Waals surface area contributed by atoms with E-state index in [2.05, 4.69) is 17.3 Å². The fraction of sp³-hybridized carbons (Fsp3) is 0.308. The number of phenols is 1. The van der Waals surface area contributed by atoms with Crippen LogP contribution in [0, 0.1) is 0 Å². The third-order valence-electron chi connectivity index (χ3n) is 2.72. The van der Waals surface area contributed by atoms with Gasteiger partial charge in [-0.15, -0.1) is 0 Å². The van der Waals surface area contributed by atoms with Crippen LogP contribution in [0.15, 0.2) is 36.5 Å². The lowest BCUT2D eigenvalue weighted by Gasteiger charge is -2.08. The Morgan fingerprint density at radius 2 is 2.06 bits per heavy atom. The summed E-state index contributed by atoms with van der Waals surface area (Å²) in [6, 6.07) is 9.37. The van der Waals surface area contributed by atoms with Crippen LogP contribution < -0.4 is 5.32 Å². The summed E-state index contributed by atoms with van der Waals surface area (Å²) in [5, 5.41) is 17.1. The van der Waals surface area contributed by atoms with Crippen molar-refractivity contribution in [2.24, 2.45) is 0 Å². The minimum Gasteiger partial charge on any atom is -0.508 e. The lowest BCUT2D eigenvalue weighted by atomic mass is 10.2. The van der Waals surface area contributed by atoms with E-state index in [4.69, 9.17) is 0 Å². The van der Waals surface area contributed by atoms with E-state index in [1.165, 1.54) is 0 Å². The molecule has 0 bridgehead atoms. The predicted octanol–water partition coefficient (Wildman–Crippen LogP) is 1.90. The van der Waals surface area contributed by atoms with Crippen LogP contribution in [-0.2, 0) is 19.6 Å². The number of nitrogens with zero attached hydrogens (tertiary/aromatic N) is 2. The highest BCUT2D eigenvalue weighted by Crippen LogP contribution is 2.14. The van der Waals surface area contributed by atoms with Crippen LogP contribution in [0.1, 0.15) is 18.2 Å². The van der Waals surface area contributed by atoms with Crippen LogP contribution in [0.3, 0.4) is 0 Å². The molecule has 90 valence electrons. The quantitative estimate of drug-likeness (QED) is 0.826. The highest BCUT2D eigenvalue weighted by atomic mass is 16.3. The van der Waals surface area contributed by atoms with Crippen molar-refractivity contribution in [2.75, 3.05) is 0 Å². The Kier molecular flexibility index (Phi) is 3.77. The second-order valence-corrected chi connectivity index (χ2v) is 3.87. The molecule has 0 atom stereocenters. The Morgan fingerprint density at radius 1 is 1.24 bits per heavy atom. The van der Waals surface area contributed by atoms with Gasteiger partial charge in [0.15, 0.2) is 0 Å². The molecule has 0 saturated heterocycles. The molecule has 4 nitrogen and oxygen atoms in total. The lowest BCUT2D eigenvalue weighted by molar-refractivity contribution is 0.463. The molecule has 0 fully saturated rings. The summed E-state index contributed by atoms with van der Waals surface area (Å²) in [6.07, 6.45) is 1.81. The number of aromatic nitrogens is 2. The second kappa shape index (κ2) is 5.50. The van der Waals surface area contributed by atoms with Crippen LogP contribution in [0.4, 0.5) is 0 Å². The van der Waals surface area contributed by atoms with Gasteiger partial charge >= 0.3 is 0 Å². The number of hydrogen-bond acceptors (Lipinski definition) is 3. The van der Waals surface area contributed by atoms with E-state index in [1.807, 2.05) is 28.9 Å². The van der Waals surface area contributed by atoms with Crippen LogP contribution >= 0.6 is 0 Å². The maximum atomic E-state index is 9.61. The topological polar surface area (TPSA) is 50.1 Å². The fourth-order valence-electron chi connectivity index (χ4n) is 1.78. The Labute approximate surface area is 101 Å². The highest BCUT2D eigenvalue weighted by Gasteiger charge is 2.02. The van der Waals surface area contributed by atoms with Crippen molar-refractivity contribution < 1.29 is 5.11 Å². The average molecular weight is 231 g/mol. The normalized spacial score (nSPS) is 10.6. The smallest absolute Gasteiger partial charge is 0.120 e. The van der Waals surface area contributed by atoms with Crippen molar-refractivity contribution in [3.8, 4) is 5.75 Å². The van der Waals surface area contributed by atoms with Gasteiger partial charge in [-0.1, -0.05) is 18.2 Å². The van der Waals surface area contributed by atoms with E-state index in [0.717, 1.165) is 24.3 Å². The summed E-state index contributed by atoms with van der Waals surface area (Å²) in [6.45, 7) is 4.35. The molecule has 0 radical (unpaired) electrons. The molecule has 0 saturated carbocycles. The molecule has 4 heteroatoms. The SMILES string of the molecule is CCn1nccc1CNCc1ccccc1O. The first-order valence-corrected chi connectivity index (χ1v) is 5.79. The zero-order valence-corrected chi connectivity index (χ0v) is 9.93. The Bertz CT molecular complexity index is 479. The van der Waals surface area contributed by atoms with Gasteiger partial charge in [0.05, 0.1) is 5.69 Å². The molecule has 0 aliphatic carbocycles. The molecule has 2 aromatic rings. The average Bonchev–Trinajstić information content (AvgIpc) is 2.79. The highest BCUT2D eigenvalue weighted by molar-refractivity contribution is 5.31. The van der Waals surface area contributed by atoms with Crippen molar-refractivity contribution in [3.63, 3.8) is 0 Å². The molecule has 2 N–H and O–H groups in total. The van der Waals surface area contributed by atoms with Gasteiger partial charge in [-0.3, -0.25) is 4.68 Å². The first-order chi connectivity index (χ1) is 8.31. The molecule has 2 rings (SSSR count). The first kappa shape index (κ1) is 11.7. The van der Waals surface area contributed by atoms with Crippen molar-refractivity contribution in [3.05, 3.63) is 47.8 Å². The molecule has 0 spiro atoms. The van der Waals surface area contributed by atoms with E-state index in [1.54, 1.807) is 12.3 Å². The molecule has 1 heterocycles. The van der Waals surface area contributed by atoms with Crippen LogP contribution in [0.25, 0.3) is 0 Å². The van der Waals surface area contributed by atoms with Crippen LogP contribution in [0.2, 0.25) is 0 Å². The molecule has 0 aliphatic heterocycles. The number of para-hydroxylation sites is 1. The summed E-state index contributed by atoms with van der Waals surface area (Å²) < 4.78 is 1.96. The molecule has 1 aromatic carbocycles. The second-order valence-electron chi connectivity index (χ2n) is 3.87. The van der Waals surface area contributed by atoms with Crippen LogP contribution in [0.5, 0.6) is 5.75 Å². The minimum atomic E-state index is 0.337. The van der Waals surface area contributed by atoms with E-state index in [-0.39, 0.29) is 0 Å². The monoisotopic (exact) mass is 231 g/mol. The summed E-state index contributed by atoms with van der Waals surface area (Å²) in [7, 11) is 0. The van der Waals surface area contributed by atoms with Gasteiger partial charge in [0, 0.05) is 31.4 Å². The Morgan fingerprint density at radius 3 is 2.82 bits per heavy atom. The number of benzene rings is 1. The van der Waals surface area contributed by atoms with Gasteiger partial charge in [-0.05, 0) is 19.1 Å². The summed E-state index contributed by atoms with van der Waals surface area (Å²) in [5.41, 5.74) is 2.07. The largest absolute Gasteiger partial charge is 0.508 e. The number of nitrogens with one attached hydrogen (secondary N) is 1. The fourth-order valence-corrected chi connectivity index (χ4v) is 1.78. The number of rotatable bonds is 5. The van der Waals surface area contributed by atoms with Crippen molar-refractivity contribution in [1.82, 2.24) is 15.1 Å². The number of hydrogen-bond donors (Lipinski definition) is 2. The van der Waals surface area contributed by atoms with E-state index in [0.29, 0.717) is 12.3 Å². The van der Waals surface area contributed by atoms with Gasteiger partial charge in [0.1, 0.15) is 5.75 Å². The maximum Gasteiger partial charge on any atom is 0.120 e. The molecule has 0 unspecified atom stereocenters. The number of aryl methyl sites for hydroxylation is 1. The van der Waals surface area contributed by atoms with E-state index in [9.17, 15) is 5.11 Å².